The van der Waals surface area contributed by atoms with E-state index in [9.17, 15) is 10.1 Å². The Kier molecular flexibility index (Phi) is 6.68. The van der Waals surface area contributed by atoms with Crippen LogP contribution in [0.25, 0.3) is 17.0 Å². The largest absolute Gasteiger partial charge is 0.491 e. The van der Waals surface area contributed by atoms with Gasteiger partial charge in [-0.2, -0.15) is 5.26 Å². The number of halogens is 1. The third kappa shape index (κ3) is 4.97. The van der Waals surface area contributed by atoms with Crippen LogP contribution in [0.5, 0.6) is 5.75 Å². The van der Waals surface area contributed by atoms with Gasteiger partial charge in [0.1, 0.15) is 24.0 Å². The van der Waals surface area contributed by atoms with Crippen molar-refractivity contribution in [3.8, 4) is 11.8 Å². The summed E-state index contributed by atoms with van der Waals surface area (Å²) in [5, 5.41) is 10.8. The second-order valence-electron chi connectivity index (χ2n) is 7.24. The quantitative estimate of drug-likeness (QED) is 0.339. The number of morpholine rings is 1. The van der Waals surface area contributed by atoms with Gasteiger partial charge in [0.25, 0.3) is 0 Å². The topological polar surface area (TPSA) is 78.3 Å². The molecule has 0 unspecified atom stereocenters. The number of nitrogens with one attached hydrogen (secondary N) is 1. The second kappa shape index (κ2) is 9.80. The molecule has 7 heteroatoms. The van der Waals surface area contributed by atoms with Gasteiger partial charge in [-0.25, -0.2) is 0 Å². The number of rotatable bonds is 7. The van der Waals surface area contributed by atoms with Gasteiger partial charge in [-0.05, 0) is 29.8 Å². The lowest BCUT2D eigenvalue weighted by molar-refractivity contribution is 0.0322. The summed E-state index contributed by atoms with van der Waals surface area (Å²) in [7, 11) is 0. The van der Waals surface area contributed by atoms with Gasteiger partial charge in [0, 0.05) is 42.3 Å². The molecule has 1 saturated heterocycles. The summed E-state index contributed by atoms with van der Waals surface area (Å²) in [6.07, 6.45) is 3.18. The number of hydrogen-bond acceptors (Lipinski definition) is 5. The Morgan fingerprint density at radius 3 is 2.84 bits per heavy atom. The summed E-state index contributed by atoms with van der Waals surface area (Å²) in [6.45, 7) is 4.64. The first-order valence-corrected chi connectivity index (χ1v) is 10.5. The fraction of sp³-hybridized carbons (Fsp3) is 0.250. The number of nitrogens with zero attached hydrogens (tertiary/aromatic N) is 2. The fourth-order valence-electron chi connectivity index (χ4n) is 3.55. The number of para-hydroxylation sites is 1. The number of nitriles is 1. The number of Topliss-reactive ketones (excluding diaryl/α,β-unsaturated/α-hetero) is 1. The van der Waals surface area contributed by atoms with Crippen LogP contribution in [0.1, 0.15) is 15.9 Å². The van der Waals surface area contributed by atoms with E-state index >= 15 is 0 Å². The third-order valence-corrected chi connectivity index (χ3v) is 5.53. The standard InChI is InChI=1S/C24H22ClN3O3/c25-21-14-17(5-6-23(21)31-12-9-28-7-10-30-11-8-28)13-18(15-26)24(29)20-16-27-22-4-2-1-3-19(20)22/h1-6,13-14,16,27H,7-12H2. The van der Waals surface area contributed by atoms with Crippen LogP contribution in [0.15, 0.2) is 54.2 Å². The van der Waals surface area contributed by atoms with Crippen molar-refractivity contribution in [3.05, 3.63) is 70.4 Å². The van der Waals surface area contributed by atoms with Crippen LogP contribution in [0.3, 0.4) is 0 Å². The maximum Gasteiger partial charge on any atom is 0.205 e. The number of benzene rings is 2. The predicted octanol–water partition coefficient (Wildman–Crippen LogP) is 4.32. The molecule has 2 aromatic carbocycles. The maximum atomic E-state index is 12.9. The van der Waals surface area contributed by atoms with Gasteiger partial charge in [0.15, 0.2) is 0 Å². The van der Waals surface area contributed by atoms with E-state index in [4.69, 9.17) is 21.1 Å². The molecule has 0 atom stereocenters. The molecule has 0 amide bonds. The van der Waals surface area contributed by atoms with Gasteiger partial charge in [-0.15, -0.1) is 0 Å². The molecule has 0 saturated carbocycles. The lowest BCUT2D eigenvalue weighted by atomic mass is 10.0. The van der Waals surface area contributed by atoms with Gasteiger partial charge in [-0.3, -0.25) is 9.69 Å². The average molecular weight is 436 g/mol. The number of hydrogen-bond donors (Lipinski definition) is 1. The van der Waals surface area contributed by atoms with E-state index in [1.165, 1.54) is 0 Å². The van der Waals surface area contributed by atoms with Crippen LogP contribution in [0.4, 0.5) is 0 Å². The van der Waals surface area contributed by atoms with E-state index in [1.807, 2.05) is 30.3 Å². The number of aromatic nitrogens is 1. The zero-order chi connectivity index (χ0) is 21.6. The van der Waals surface area contributed by atoms with Gasteiger partial charge in [-0.1, -0.05) is 35.9 Å². The maximum absolute atomic E-state index is 12.9. The summed E-state index contributed by atoms with van der Waals surface area (Å²) in [4.78, 5) is 18.3. The Bertz CT molecular complexity index is 1160. The Labute approximate surface area is 185 Å². The van der Waals surface area contributed by atoms with Crippen LogP contribution in [0, 0.1) is 11.3 Å². The normalized spacial score (nSPS) is 15.0. The second-order valence-corrected chi connectivity index (χ2v) is 7.65. The number of H-pyrrole nitrogens is 1. The highest BCUT2D eigenvalue weighted by Crippen LogP contribution is 2.27. The highest BCUT2D eigenvalue weighted by atomic mass is 35.5. The summed E-state index contributed by atoms with van der Waals surface area (Å²) in [5.41, 5.74) is 2.03. The van der Waals surface area contributed by atoms with E-state index in [0.29, 0.717) is 28.5 Å². The van der Waals surface area contributed by atoms with Crippen LogP contribution in [-0.4, -0.2) is 55.1 Å². The van der Waals surface area contributed by atoms with E-state index in [-0.39, 0.29) is 11.4 Å². The van der Waals surface area contributed by atoms with E-state index < -0.39 is 0 Å². The van der Waals surface area contributed by atoms with Crippen LogP contribution in [0.2, 0.25) is 5.02 Å². The molecule has 0 radical (unpaired) electrons. The molecule has 4 rings (SSSR count). The molecule has 0 aliphatic carbocycles. The van der Waals surface area contributed by atoms with E-state index in [1.54, 1.807) is 30.5 Å². The number of ketones is 1. The van der Waals surface area contributed by atoms with Crippen molar-refractivity contribution in [1.29, 1.82) is 5.26 Å². The van der Waals surface area contributed by atoms with Gasteiger partial charge < -0.3 is 14.5 Å². The molecule has 1 aliphatic rings. The Morgan fingerprint density at radius 2 is 2.06 bits per heavy atom. The number of carbonyl (C=O) groups is 1. The Morgan fingerprint density at radius 1 is 1.26 bits per heavy atom. The zero-order valence-corrected chi connectivity index (χ0v) is 17.7. The summed E-state index contributed by atoms with van der Waals surface area (Å²) in [6, 6.07) is 14.8. The molecule has 6 nitrogen and oxygen atoms in total. The lowest BCUT2D eigenvalue weighted by Gasteiger charge is -2.26. The first-order chi connectivity index (χ1) is 15.2. The fourth-order valence-corrected chi connectivity index (χ4v) is 3.80. The zero-order valence-electron chi connectivity index (χ0n) is 16.9. The van der Waals surface area contributed by atoms with Gasteiger partial charge >= 0.3 is 0 Å². The molecule has 1 aliphatic heterocycles. The third-order valence-electron chi connectivity index (χ3n) is 5.23. The molecule has 0 bridgehead atoms. The molecule has 1 fully saturated rings. The first-order valence-electron chi connectivity index (χ1n) is 10.1. The molecular formula is C24H22ClN3O3. The van der Waals surface area contributed by atoms with Crippen molar-refractivity contribution in [2.24, 2.45) is 0 Å². The van der Waals surface area contributed by atoms with Crippen molar-refractivity contribution in [3.63, 3.8) is 0 Å². The molecule has 158 valence electrons. The summed E-state index contributed by atoms with van der Waals surface area (Å²) >= 11 is 6.37. The minimum Gasteiger partial charge on any atom is -0.491 e. The summed E-state index contributed by atoms with van der Waals surface area (Å²) in [5.74, 6) is 0.246. The molecule has 1 N–H and O–H groups in total. The van der Waals surface area contributed by atoms with E-state index in [2.05, 4.69) is 9.88 Å². The van der Waals surface area contributed by atoms with Gasteiger partial charge in [0.2, 0.25) is 5.78 Å². The first kappa shape index (κ1) is 21.1. The number of aromatic amines is 1. The number of fused-ring (bicyclic) bond motifs is 1. The van der Waals surface area contributed by atoms with E-state index in [0.717, 1.165) is 43.8 Å². The SMILES string of the molecule is N#CC(=Cc1ccc(OCCN2CCOCC2)c(Cl)c1)C(=O)c1c[nH]c2ccccc12. The Balaban J connectivity index is 1.46. The van der Waals surface area contributed by atoms with Crippen LogP contribution >= 0.6 is 11.6 Å². The molecule has 2 heterocycles. The highest BCUT2D eigenvalue weighted by Gasteiger charge is 2.17. The monoisotopic (exact) mass is 435 g/mol. The Hall–Kier alpha value is -3.11. The van der Waals surface area contributed by atoms with Crippen molar-refractivity contribution in [1.82, 2.24) is 9.88 Å². The average Bonchev–Trinajstić information content (AvgIpc) is 3.23. The number of allylic oxidation sites excluding steroid dienone is 1. The van der Waals surface area contributed by atoms with Crippen molar-refractivity contribution in [2.45, 2.75) is 0 Å². The number of ether oxygens (including phenoxy) is 2. The van der Waals surface area contributed by atoms with Crippen LogP contribution in [-0.2, 0) is 4.74 Å². The minimum absolute atomic E-state index is 0.0433. The molecular weight excluding hydrogens is 414 g/mol. The van der Waals surface area contributed by atoms with Crippen LogP contribution < -0.4 is 4.74 Å². The predicted molar refractivity (Wildman–Crippen MR) is 120 cm³/mol. The van der Waals surface area contributed by atoms with Gasteiger partial charge in [0.05, 0.1) is 18.2 Å². The highest BCUT2D eigenvalue weighted by molar-refractivity contribution is 6.32. The molecule has 0 spiro atoms. The molecule has 31 heavy (non-hydrogen) atoms. The number of carbonyl (C=O) groups excluding carboxylic acids is 1. The van der Waals surface area contributed by atoms with Crippen molar-refractivity contribution >= 4 is 34.4 Å². The lowest BCUT2D eigenvalue weighted by Crippen LogP contribution is -2.38. The summed E-state index contributed by atoms with van der Waals surface area (Å²) < 4.78 is 11.2. The molecule has 1 aromatic heterocycles. The molecule has 3 aromatic rings. The van der Waals surface area contributed by atoms with Crippen molar-refractivity contribution in [2.75, 3.05) is 39.5 Å². The smallest absolute Gasteiger partial charge is 0.205 e. The van der Waals surface area contributed by atoms with Crippen molar-refractivity contribution < 1.29 is 14.3 Å². The minimum atomic E-state index is -0.332.